The molecule has 0 saturated carbocycles. The lowest BCUT2D eigenvalue weighted by Gasteiger charge is -2.06. The Morgan fingerprint density at radius 3 is 2.89 bits per heavy atom. The van der Waals surface area contributed by atoms with Gasteiger partial charge in [0.2, 0.25) is 5.56 Å². The molecule has 0 fully saturated rings. The number of pyridine rings is 1. The fourth-order valence-corrected chi connectivity index (χ4v) is 3.57. The van der Waals surface area contributed by atoms with Crippen molar-refractivity contribution in [2.24, 2.45) is 0 Å². The molecule has 136 valence electrons. The van der Waals surface area contributed by atoms with Gasteiger partial charge < -0.3 is 14.7 Å². The first-order valence-electron chi connectivity index (χ1n) is 7.94. The number of rotatable bonds is 5. The monoisotopic (exact) mass is 400 g/mol. The Morgan fingerprint density at radius 1 is 1.30 bits per heavy atom. The first-order chi connectivity index (χ1) is 13.1. The first-order valence-corrected chi connectivity index (χ1v) is 9.14. The molecule has 2 N–H and O–H groups in total. The highest BCUT2D eigenvalue weighted by Crippen LogP contribution is 2.25. The summed E-state index contributed by atoms with van der Waals surface area (Å²) in [7, 11) is 0. The summed E-state index contributed by atoms with van der Waals surface area (Å²) in [6, 6.07) is 10.2. The van der Waals surface area contributed by atoms with Crippen molar-refractivity contribution in [1.82, 2.24) is 14.8 Å². The molecule has 9 heteroatoms. The Labute approximate surface area is 162 Å². The SMILES string of the molecule is O=C(c1ccoc1)n1nc(-c2cc[nH]c(=O)c2)cc1NCc1ccc(Cl)s1. The number of carbonyl (C=O) groups excluding carboxylic acids is 1. The molecular formula is C18H13ClN4O3S. The van der Waals surface area contributed by atoms with Crippen LogP contribution in [0.1, 0.15) is 15.2 Å². The summed E-state index contributed by atoms with van der Waals surface area (Å²) in [6.07, 6.45) is 4.32. The number of H-pyrrole nitrogens is 1. The molecule has 0 spiro atoms. The highest BCUT2D eigenvalue weighted by molar-refractivity contribution is 7.16. The third-order valence-corrected chi connectivity index (χ3v) is 5.04. The topological polar surface area (TPSA) is 92.9 Å². The van der Waals surface area contributed by atoms with Crippen LogP contribution in [0.2, 0.25) is 4.34 Å². The average molecular weight is 401 g/mol. The quantitative estimate of drug-likeness (QED) is 0.530. The van der Waals surface area contributed by atoms with Gasteiger partial charge in [0.05, 0.1) is 28.4 Å². The van der Waals surface area contributed by atoms with Gasteiger partial charge in [-0.1, -0.05) is 11.6 Å². The smallest absolute Gasteiger partial charge is 0.283 e. The second-order valence-corrected chi connectivity index (χ2v) is 7.44. The summed E-state index contributed by atoms with van der Waals surface area (Å²) in [5, 5.41) is 7.59. The van der Waals surface area contributed by atoms with Crippen LogP contribution in [0.15, 0.2) is 64.3 Å². The predicted octanol–water partition coefficient (Wildman–Crippen LogP) is 3.85. The maximum Gasteiger partial charge on any atom is 0.283 e. The van der Waals surface area contributed by atoms with E-state index in [0.717, 1.165) is 4.88 Å². The minimum Gasteiger partial charge on any atom is -0.472 e. The van der Waals surface area contributed by atoms with Crippen molar-refractivity contribution in [1.29, 1.82) is 0 Å². The molecule has 27 heavy (non-hydrogen) atoms. The Morgan fingerprint density at radius 2 is 2.19 bits per heavy atom. The number of furan rings is 1. The van der Waals surface area contributed by atoms with Crippen LogP contribution in [0.25, 0.3) is 11.3 Å². The van der Waals surface area contributed by atoms with E-state index in [1.165, 1.54) is 40.8 Å². The zero-order chi connectivity index (χ0) is 18.8. The number of nitrogens with one attached hydrogen (secondary N) is 2. The normalized spacial score (nSPS) is 10.9. The number of aromatic nitrogens is 3. The number of anilines is 1. The van der Waals surface area contributed by atoms with Gasteiger partial charge in [-0.15, -0.1) is 11.3 Å². The van der Waals surface area contributed by atoms with Gasteiger partial charge in [-0.2, -0.15) is 9.78 Å². The zero-order valence-corrected chi connectivity index (χ0v) is 15.4. The number of hydrogen-bond donors (Lipinski definition) is 2. The molecule has 0 aliphatic carbocycles. The Bertz CT molecular complexity index is 1140. The van der Waals surface area contributed by atoms with Crippen molar-refractivity contribution < 1.29 is 9.21 Å². The molecule has 4 aromatic heterocycles. The molecule has 0 aliphatic rings. The molecule has 0 bridgehead atoms. The van der Waals surface area contributed by atoms with Gasteiger partial charge in [-0.05, 0) is 24.3 Å². The molecule has 4 aromatic rings. The number of nitrogens with zero attached hydrogens (tertiary/aromatic N) is 2. The Balaban J connectivity index is 1.70. The van der Waals surface area contributed by atoms with Gasteiger partial charge in [-0.3, -0.25) is 9.59 Å². The van der Waals surface area contributed by atoms with Crippen LogP contribution in [0, 0.1) is 0 Å². The molecule has 0 aromatic carbocycles. The van der Waals surface area contributed by atoms with Crippen molar-refractivity contribution in [3.8, 4) is 11.3 Å². The van der Waals surface area contributed by atoms with Crippen LogP contribution in [-0.4, -0.2) is 20.7 Å². The summed E-state index contributed by atoms with van der Waals surface area (Å²) in [4.78, 5) is 27.9. The number of halogens is 1. The predicted molar refractivity (Wildman–Crippen MR) is 103 cm³/mol. The fraction of sp³-hybridized carbons (Fsp3) is 0.0556. The molecule has 0 unspecified atom stereocenters. The fourth-order valence-electron chi connectivity index (χ4n) is 2.54. The standard InChI is InChI=1S/C18H13ClN4O3S/c19-15-2-1-13(27-15)9-21-16-8-14(11-3-5-20-17(24)7-11)22-23(16)18(25)12-4-6-26-10-12/h1-8,10,21H,9H2,(H,20,24). The molecule has 4 heterocycles. The van der Waals surface area contributed by atoms with Crippen molar-refractivity contribution in [3.05, 3.63) is 80.3 Å². The van der Waals surface area contributed by atoms with Gasteiger partial charge in [0, 0.05) is 28.8 Å². The molecule has 0 atom stereocenters. The lowest BCUT2D eigenvalue weighted by Crippen LogP contribution is -2.16. The van der Waals surface area contributed by atoms with Gasteiger partial charge >= 0.3 is 0 Å². The van der Waals surface area contributed by atoms with Crippen molar-refractivity contribution in [2.75, 3.05) is 5.32 Å². The first kappa shape index (κ1) is 17.3. The third kappa shape index (κ3) is 3.71. The molecule has 0 radical (unpaired) electrons. The minimum atomic E-state index is -0.341. The van der Waals surface area contributed by atoms with Crippen molar-refractivity contribution >= 4 is 34.7 Å². The second kappa shape index (κ2) is 7.26. The summed E-state index contributed by atoms with van der Waals surface area (Å²) < 4.78 is 6.95. The molecular weight excluding hydrogens is 388 g/mol. The maximum absolute atomic E-state index is 12.8. The lowest BCUT2D eigenvalue weighted by molar-refractivity contribution is 0.0947. The van der Waals surface area contributed by atoms with E-state index in [-0.39, 0.29) is 11.5 Å². The van der Waals surface area contributed by atoms with E-state index in [2.05, 4.69) is 15.4 Å². The van der Waals surface area contributed by atoms with Crippen LogP contribution < -0.4 is 10.9 Å². The van der Waals surface area contributed by atoms with Gasteiger partial charge in [0.25, 0.3) is 5.91 Å². The van der Waals surface area contributed by atoms with E-state index < -0.39 is 0 Å². The van der Waals surface area contributed by atoms with Crippen LogP contribution in [-0.2, 0) is 6.54 Å². The van der Waals surface area contributed by atoms with Crippen LogP contribution in [0.4, 0.5) is 5.82 Å². The van der Waals surface area contributed by atoms with Crippen LogP contribution >= 0.6 is 22.9 Å². The van der Waals surface area contributed by atoms with E-state index in [4.69, 9.17) is 16.0 Å². The largest absolute Gasteiger partial charge is 0.472 e. The lowest BCUT2D eigenvalue weighted by atomic mass is 10.2. The van der Waals surface area contributed by atoms with Crippen molar-refractivity contribution in [3.63, 3.8) is 0 Å². The highest BCUT2D eigenvalue weighted by Gasteiger charge is 2.18. The summed E-state index contributed by atoms with van der Waals surface area (Å²) in [6.45, 7) is 0.483. The molecule has 0 amide bonds. The summed E-state index contributed by atoms with van der Waals surface area (Å²) in [5.74, 6) is 0.160. The molecule has 0 aliphatic heterocycles. The number of aromatic amines is 1. The molecule has 0 saturated heterocycles. The van der Waals surface area contributed by atoms with Gasteiger partial charge in [0.15, 0.2) is 0 Å². The maximum atomic E-state index is 12.8. The molecule has 4 rings (SSSR count). The summed E-state index contributed by atoms with van der Waals surface area (Å²) in [5.41, 5.74) is 1.24. The van der Waals surface area contributed by atoms with E-state index in [0.29, 0.717) is 33.5 Å². The summed E-state index contributed by atoms with van der Waals surface area (Å²) >= 11 is 7.42. The number of carbonyl (C=O) groups is 1. The third-order valence-electron chi connectivity index (χ3n) is 3.81. The van der Waals surface area contributed by atoms with E-state index in [1.807, 2.05) is 12.1 Å². The number of hydrogen-bond acceptors (Lipinski definition) is 6. The Kier molecular flexibility index (Phi) is 4.66. The number of thiophene rings is 1. The Hall–Kier alpha value is -3.10. The average Bonchev–Trinajstić information content (AvgIpc) is 3.40. The van der Waals surface area contributed by atoms with Crippen LogP contribution in [0.5, 0.6) is 0 Å². The zero-order valence-electron chi connectivity index (χ0n) is 13.8. The van der Waals surface area contributed by atoms with E-state index in [1.54, 1.807) is 18.2 Å². The van der Waals surface area contributed by atoms with E-state index >= 15 is 0 Å². The van der Waals surface area contributed by atoms with Gasteiger partial charge in [0.1, 0.15) is 12.1 Å². The van der Waals surface area contributed by atoms with E-state index in [9.17, 15) is 9.59 Å². The minimum absolute atomic E-state index is 0.244. The highest BCUT2D eigenvalue weighted by atomic mass is 35.5. The van der Waals surface area contributed by atoms with Crippen molar-refractivity contribution in [2.45, 2.75) is 6.54 Å². The van der Waals surface area contributed by atoms with Gasteiger partial charge in [-0.25, -0.2) is 0 Å². The molecule has 7 nitrogen and oxygen atoms in total. The second-order valence-electron chi connectivity index (χ2n) is 5.64. The van der Waals surface area contributed by atoms with Crippen LogP contribution in [0.3, 0.4) is 0 Å².